The van der Waals surface area contributed by atoms with Crippen LogP contribution in [-0.4, -0.2) is 36.0 Å². The van der Waals surface area contributed by atoms with Gasteiger partial charge in [-0.05, 0) is 36.8 Å². The van der Waals surface area contributed by atoms with Crippen LogP contribution in [0.3, 0.4) is 0 Å². The number of hydrogen-bond acceptors (Lipinski definition) is 5. The summed E-state index contributed by atoms with van der Waals surface area (Å²) in [6.45, 7) is 2.67. The first-order valence-electron chi connectivity index (χ1n) is 7.90. The topological polar surface area (TPSA) is 84.7 Å². The van der Waals surface area contributed by atoms with Gasteiger partial charge in [0.05, 0.1) is 17.1 Å². The van der Waals surface area contributed by atoms with E-state index in [0.717, 1.165) is 11.3 Å². The van der Waals surface area contributed by atoms with Gasteiger partial charge in [0.2, 0.25) is 0 Å². The van der Waals surface area contributed by atoms with Gasteiger partial charge in [-0.25, -0.2) is 0 Å². The summed E-state index contributed by atoms with van der Waals surface area (Å²) in [6.07, 6.45) is 0. The number of nitrogens with one attached hydrogen (secondary N) is 1. The van der Waals surface area contributed by atoms with Crippen molar-refractivity contribution in [3.8, 4) is 0 Å². The van der Waals surface area contributed by atoms with E-state index in [1.807, 2.05) is 25.1 Å². The molecule has 2 aromatic carbocycles. The fourth-order valence-corrected chi connectivity index (χ4v) is 3.10. The molecule has 0 fully saturated rings. The predicted octanol–water partition coefficient (Wildman–Crippen LogP) is 2.98. The lowest BCUT2D eigenvalue weighted by molar-refractivity contribution is -0.384. The fraction of sp³-hybridized carbons (Fsp3) is 0.278. The van der Waals surface area contributed by atoms with Crippen LogP contribution >= 0.6 is 0 Å². The molecule has 0 saturated carbocycles. The lowest BCUT2D eigenvalue weighted by Crippen LogP contribution is -2.56. The third-order valence-electron chi connectivity index (χ3n) is 4.48. The number of fused-ring (bicyclic) bond motifs is 1. The molecular weight excluding hydrogens is 322 g/mol. The molecule has 0 aliphatic carbocycles. The van der Waals surface area contributed by atoms with Gasteiger partial charge in [-0.2, -0.15) is 0 Å². The van der Waals surface area contributed by atoms with Gasteiger partial charge in [0.25, 0.3) is 11.6 Å². The first-order chi connectivity index (χ1) is 12.0. The highest BCUT2D eigenvalue weighted by molar-refractivity contribution is 6.02. The van der Waals surface area contributed by atoms with E-state index in [9.17, 15) is 14.9 Å². The van der Waals surface area contributed by atoms with Crippen LogP contribution in [-0.2, 0) is 10.4 Å². The Morgan fingerprint density at radius 1 is 1.20 bits per heavy atom. The molecular formula is C18H19N3O4. The second-order valence-corrected chi connectivity index (χ2v) is 6.00. The fourth-order valence-electron chi connectivity index (χ4n) is 3.10. The molecule has 1 heterocycles. The van der Waals surface area contributed by atoms with Crippen LogP contribution in [0.5, 0.6) is 0 Å². The largest absolute Gasteiger partial charge is 0.383 e. The van der Waals surface area contributed by atoms with Crippen LogP contribution in [0.2, 0.25) is 0 Å². The summed E-state index contributed by atoms with van der Waals surface area (Å²) in [5, 5.41) is 14.3. The number of para-hydroxylation sites is 1. The third kappa shape index (κ3) is 2.94. The van der Waals surface area contributed by atoms with Gasteiger partial charge in [-0.15, -0.1) is 0 Å². The van der Waals surface area contributed by atoms with Crippen molar-refractivity contribution in [3.05, 3.63) is 69.8 Å². The zero-order valence-corrected chi connectivity index (χ0v) is 14.1. The minimum Gasteiger partial charge on any atom is -0.383 e. The summed E-state index contributed by atoms with van der Waals surface area (Å²) < 4.78 is 5.15. The lowest BCUT2D eigenvalue weighted by atomic mass is 9.93. The van der Waals surface area contributed by atoms with Crippen molar-refractivity contribution >= 4 is 17.3 Å². The number of nitro benzene ring substituents is 1. The van der Waals surface area contributed by atoms with Crippen LogP contribution in [0.4, 0.5) is 11.4 Å². The maximum absolute atomic E-state index is 13.0. The Hall–Kier alpha value is -2.93. The molecule has 3 rings (SSSR count). The molecule has 0 saturated heterocycles. The van der Waals surface area contributed by atoms with Crippen molar-refractivity contribution < 1.29 is 14.5 Å². The quantitative estimate of drug-likeness (QED) is 0.667. The van der Waals surface area contributed by atoms with Crippen LogP contribution in [0.25, 0.3) is 0 Å². The van der Waals surface area contributed by atoms with Crippen LogP contribution < -0.4 is 5.32 Å². The molecule has 0 aromatic heterocycles. The maximum Gasteiger partial charge on any atom is 0.269 e. The van der Waals surface area contributed by atoms with Crippen molar-refractivity contribution in [1.29, 1.82) is 0 Å². The SMILES string of the molecule is COCCN1C(=O)c2ccccc2NC1(C)c1ccc([N+](=O)[O-])cc1. The van der Waals surface area contributed by atoms with Crippen molar-refractivity contribution in [2.24, 2.45) is 0 Å². The normalized spacial score (nSPS) is 19.3. The molecule has 7 nitrogen and oxygen atoms in total. The smallest absolute Gasteiger partial charge is 0.269 e. The summed E-state index contributed by atoms with van der Waals surface area (Å²) in [5.74, 6) is -0.104. The highest BCUT2D eigenvalue weighted by atomic mass is 16.6. The number of nitro groups is 1. The Kier molecular flexibility index (Phi) is 4.41. The van der Waals surface area contributed by atoms with Gasteiger partial charge in [0.1, 0.15) is 5.66 Å². The minimum absolute atomic E-state index is 0.0123. The number of non-ortho nitro benzene ring substituents is 1. The Morgan fingerprint density at radius 2 is 1.88 bits per heavy atom. The molecule has 1 atom stereocenters. The number of nitrogens with zero attached hydrogens (tertiary/aromatic N) is 2. The van der Waals surface area contributed by atoms with Gasteiger partial charge in [0, 0.05) is 31.5 Å². The molecule has 1 aliphatic rings. The highest BCUT2D eigenvalue weighted by Crippen LogP contribution is 2.37. The van der Waals surface area contributed by atoms with E-state index in [2.05, 4.69) is 5.32 Å². The molecule has 25 heavy (non-hydrogen) atoms. The molecule has 1 amide bonds. The average Bonchev–Trinajstić information content (AvgIpc) is 2.61. The van der Waals surface area contributed by atoms with Crippen molar-refractivity contribution in [1.82, 2.24) is 4.90 Å². The van der Waals surface area contributed by atoms with Crippen molar-refractivity contribution in [2.45, 2.75) is 12.6 Å². The molecule has 2 aromatic rings. The van der Waals surface area contributed by atoms with E-state index >= 15 is 0 Å². The van der Waals surface area contributed by atoms with E-state index < -0.39 is 10.6 Å². The first kappa shape index (κ1) is 16.9. The number of amides is 1. The van der Waals surface area contributed by atoms with Crippen molar-refractivity contribution in [3.63, 3.8) is 0 Å². The van der Waals surface area contributed by atoms with Crippen LogP contribution in [0.15, 0.2) is 48.5 Å². The molecule has 1 N–H and O–H groups in total. The summed E-state index contributed by atoms with van der Waals surface area (Å²) in [7, 11) is 1.58. The predicted molar refractivity (Wildman–Crippen MR) is 93.4 cm³/mol. The van der Waals surface area contributed by atoms with E-state index in [1.165, 1.54) is 12.1 Å². The molecule has 7 heteroatoms. The number of benzene rings is 2. The van der Waals surface area contributed by atoms with Crippen LogP contribution in [0, 0.1) is 10.1 Å². The number of carbonyl (C=O) groups excluding carboxylic acids is 1. The zero-order valence-electron chi connectivity index (χ0n) is 14.1. The van der Waals surface area contributed by atoms with E-state index in [4.69, 9.17) is 4.74 Å². The molecule has 1 unspecified atom stereocenters. The minimum atomic E-state index is -0.834. The number of anilines is 1. The summed E-state index contributed by atoms with van der Waals surface area (Å²) in [4.78, 5) is 25.2. The van der Waals surface area contributed by atoms with Crippen LogP contribution in [0.1, 0.15) is 22.8 Å². The Bertz CT molecular complexity index is 806. The molecule has 0 spiro atoms. The van der Waals surface area contributed by atoms with Gasteiger partial charge >= 0.3 is 0 Å². The Morgan fingerprint density at radius 3 is 2.52 bits per heavy atom. The van der Waals surface area contributed by atoms with E-state index in [0.29, 0.717) is 18.7 Å². The van der Waals surface area contributed by atoms with Gasteiger partial charge in [-0.3, -0.25) is 14.9 Å². The van der Waals surface area contributed by atoms with Crippen molar-refractivity contribution in [2.75, 3.05) is 25.6 Å². The monoisotopic (exact) mass is 341 g/mol. The average molecular weight is 341 g/mol. The number of carbonyl (C=O) groups is 1. The molecule has 0 radical (unpaired) electrons. The van der Waals surface area contributed by atoms with Gasteiger partial charge in [0.15, 0.2) is 0 Å². The molecule has 130 valence electrons. The summed E-state index contributed by atoms with van der Waals surface area (Å²) in [6, 6.07) is 13.5. The molecule has 0 bridgehead atoms. The maximum atomic E-state index is 13.0. The van der Waals surface area contributed by atoms with E-state index in [1.54, 1.807) is 30.2 Å². The Labute approximate surface area is 145 Å². The van der Waals surface area contributed by atoms with Gasteiger partial charge < -0.3 is 15.0 Å². The standard InChI is InChI=1S/C18H19N3O4/c1-18(13-7-9-14(10-8-13)21(23)24)19-16-6-4-3-5-15(16)17(22)20(18)11-12-25-2/h3-10,19H,11-12H2,1-2H3. The van der Waals surface area contributed by atoms with E-state index in [-0.39, 0.29) is 11.6 Å². The summed E-state index contributed by atoms with van der Waals surface area (Å²) in [5.41, 5.74) is 1.27. The lowest BCUT2D eigenvalue weighted by Gasteiger charge is -2.46. The third-order valence-corrected chi connectivity index (χ3v) is 4.48. The van der Waals surface area contributed by atoms with Gasteiger partial charge in [-0.1, -0.05) is 12.1 Å². The summed E-state index contributed by atoms with van der Waals surface area (Å²) >= 11 is 0. The molecule has 1 aliphatic heterocycles. The number of hydrogen-bond donors (Lipinski definition) is 1. The number of rotatable bonds is 5. The highest BCUT2D eigenvalue weighted by Gasteiger charge is 2.42. The number of ether oxygens (including phenoxy) is 1. The number of methoxy groups -OCH3 is 1. The Balaban J connectivity index is 2.06. The first-order valence-corrected chi connectivity index (χ1v) is 7.90. The zero-order chi connectivity index (χ0) is 18.0. The second-order valence-electron chi connectivity index (χ2n) is 6.00. The second kappa shape index (κ2) is 6.52.